The molecule has 4 rings (SSSR count). The smallest absolute Gasteiger partial charge is 0.257 e. The second-order valence-corrected chi connectivity index (χ2v) is 8.99. The largest absolute Gasteiger partial charge is 0.497 e. The summed E-state index contributed by atoms with van der Waals surface area (Å²) in [7, 11) is 3.11. The van der Waals surface area contributed by atoms with Gasteiger partial charge in [-0.3, -0.25) is 14.4 Å². The number of carbonyl (C=O) groups is 3. The maximum absolute atomic E-state index is 13.2. The van der Waals surface area contributed by atoms with E-state index >= 15 is 0 Å². The quantitative estimate of drug-likeness (QED) is 0.610. The lowest BCUT2D eigenvalue weighted by molar-refractivity contribution is -0.131. The van der Waals surface area contributed by atoms with Crippen molar-refractivity contribution in [2.45, 2.75) is 19.3 Å². The molecule has 2 saturated heterocycles. The van der Waals surface area contributed by atoms with Crippen molar-refractivity contribution in [1.29, 1.82) is 0 Å². The molecular weight excluding hydrogens is 450 g/mol. The highest BCUT2D eigenvalue weighted by Crippen LogP contribution is 2.41. The number of amides is 3. The summed E-state index contributed by atoms with van der Waals surface area (Å²) in [5.41, 5.74) is 0.497. The SMILES string of the molecule is COc1ccc(OC)c(C(=O)N2CCC3(CCN(C(=O)CNC(=O)/C=C\c4ccco4)C3)CC2)c1. The van der Waals surface area contributed by atoms with Gasteiger partial charge < -0.3 is 29.0 Å². The third-order valence-electron chi connectivity index (χ3n) is 6.90. The lowest BCUT2D eigenvalue weighted by Gasteiger charge is -2.39. The fraction of sp³-hybridized carbons (Fsp3) is 0.423. The number of nitrogens with zero attached hydrogens (tertiary/aromatic N) is 2. The van der Waals surface area contributed by atoms with Crippen molar-refractivity contribution in [3.8, 4) is 11.5 Å². The van der Waals surface area contributed by atoms with Gasteiger partial charge in [0.2, 0.25) is 11.8 Å². The van der Waals surface area contributed by atoms with Crippen LogP contribution in [0, 0.1) is 5.41 Å². The second-order valence-electron chi connectivity index (χ2n) is 8.99. The van der Waals surface area contributed by atoms with E-state index in [1.165, 1.54) is 12.3 Å². The number of piperidine rings is 1. The first-order valence-corrected chi connectivity index (χ1v) is 11.7. The van der Waals surface area contributed by atoms with E-state index in [0.717, 1.165) is 19.3 Å². The fourth-order valence-electron chi connectivity index (χ4n) is 4.77. The van der Waals surface area contributed by atoms with Gasteiger partial charge in [-0.1, -0.05) is 0 Å². The van der Waals surface area contributed by atoms with Gasteiger partial charge in [0.1, 0.15) is 17.3 Å². The van der Waals surface area contributed by atoms with E-state index in [9.17, 15) is 14.4 Å². The van der Waals surface area contributed by atoms with Gasteiger partial charge in [-0.25, -0.2) is 0 Å². The molecule has 3 heterocycles. The summed E-state index contributed by atoms with van der Waals surface area (Å²) in [6.07, 6.45) is 6.98. The number of furan rings is 1. The molecule has 2 aliphatic rings. The normalized spacial score (nSPS) is 17.1. The molecule has 3 amide bonds. The number of ether oxygens (including phenoxy) is 2. The number of hydrogen-bond acceptors (Lipinski definition) is 6. The molecule has 2 aliphatic heterocycles. The van der Waals surface area contributed by atoms with Crippen molar-refractivity contribution in [1.82, 2.24) is 15.1 Å². The lowest BCUT2D eigenvalue weighted by Crippen LogP contribution is -2.45. The number of nitrogens with one attached hydrogen (secondary N) is 1. The zero-order chi connectivity index (χ0) is 24.8. The summed E-state index contributed by atoms with van der Waals surface area (Å²) in [6, 6.07) is 8.69. The van der Waals surface area contributed by atoms with Crippen LogP contribution in [0.5, 0.6) is 11.5 Å². The Bertz CT molecular complexity index is 1090. The van der Waals surface area contributed by atoms with Crippen molar-refractivity contribution in [3.63, 3.8) is 0 Å². The van der Waals surface area contributed by atoms with Crippen molar-refractivity contribution in [2.24, 2.45) is 5.41 Å². The van der Waals surface area contributed by atoms with Gasteiger partial charge in [0, 0.05) is 32.3 Å². The molecule has 1 aromatic heterocycles. The molecule has 0 aliphatic carbocycles. The van der Waals surface area contributed by atoms with Crippen LogP contribution in [-0.4, -0.2) is 74.5 Å². The molecule has 0 radical (unpaired) electrons. The van der Waals surface area contributed by atoms with Crippen LogP contribution in [-0.2, 0) is 9.59 Å². The van der Waals surface area contributed by atoms with Gasteiger partial charge in [-0.2, -0.15) is 0 Å². The number of rotatable bonds is 7. The van der Waals surface area contributed by atoms with Crippen LogP contribution in [0.15, 0.2) is 47.1 Å². The Hall–Kier alpha value is -3.75. The number of likely N-dealkylation sites (tertiary alicyclic amines) is 2. The Morgan fingerprint density at radius 2 is 1.80 bits per heavy atom. The summed E-state index contributed by atoms with van der Waals surface area (Å²) in [5, 5.41) is 2.64. The molecule has 186 valence electrons. The van der Waals surface area contributed by atoms with E-state index in [4.69, 9.17) is 13.9 Å². The van der Waals surface area contributed by atoms with E-state index in [1.807, 2.05) is 9.80 Å². The Morgan fingerprint density at radius 3 is 2.46 bits per heavy atom. The van der Waals surface area contributed by atoms with Crippen LogP contribution in [0.2, 0.25) is 0 Å². The molecule has 1 N–H and O–H groups in total. The average Bonchev–Trinajstić information content (AvgIpc) is 3.56. The van der Waals surface area contributed by atoms with Crippen molar-refractivity contribution in [3.05, 3.63) is 54.0 Å². The Labute approximate surface area is 204 Å². The van der Waals surface area contributed by atoms with Crippen LogP contribution in [0.25, 0.3) is 6.08 Å². The minimum absolute atomic E-state index is 0.00804. The molecule has 0 atom stereocenters. The van der Waals surface area contributed by atoms with E-state index in [0.29, 0.717) is 49.0 Å². The minimum Gasteiger partial charge on any atom is -0.497 e. The highest BCUT2D eigenvalue weighted by Gasteiger charge is 2.43. The number of carbonyl (C=O) groups excluding carboxylic acids is 3. The van der Waals surface area contributed by atoms with Crippen LogP contribution >= 0.6 is 0 Å². The maximum atomic E-state index is 13.2. The van der Waals surface area contributed by atoms with Crippen LogP contribution < -0.4 is 14.8 Å². The van der Waals surface area contributed by atoms with E-state index in [2.05, 4.69) is 5.32 Å². The third-order valence-corrected chi connectivity index (χ3v) is 6.90. The molecular formula is C26H31N3O6. The maximum Gasteiger partial charge on any atom is 0.257 e. The highest BCUT2D eigenvalue weighted by molar-refractivity contribution is 5.97. The van der Waals surface area contributed by atoms with E-state index < -0.39 is 0 Å². The van der Waals surface area contributed by atoms with Crippen LogP contribution in [0.1, 0.15) is 35.4 Å². The molecule has 2 aromatic rings. The highest BCUT2D eigenvalue weighted by atomic mass is 16.5. The van der Waals surface area contributed by atoms with E-state index in [-0.39, 0.29) is 29.7 Å². The zero-order valence-electron chi connectivity index (χ0n) is 20.1. The first kappa shape index (κ1) is 24.4. The summed E-state index contributed by atoms with van der Waals surface area (Å²) in [4.78, 5) is 41.5. The summed E-state index contributed by atoms with van der Waals surface area (Å²) < 4.78 is 15.8. The second kappa shape index (κ2) is 10.7. The first-order chi connectivity index (χ1) is 16.9. The van der Waals surface area contributed by atoms with Crippen LogP contribution in [0.3, 0.4) is 0 Å². The van der Waals surface area contributed by atoms with Crippen LogP contribution in [0.4, 0.5) is 0 Å². The van der Waals surface area contributed by atoms with Gasteiger partial charge >= 0.3 is 0 Å². The summed E-state index contributed by atoms with van der Waals surface area (Å²) >= 11 is 0. The lowest BCUT2D eigenvalue weighted by atomic mass is 9.77. The summed E-state index contributed by atoms with van der Waals surface area (Å²) in [5.74, 6) is 1.19. The van der Waals surface area contributed by atoms with Crippen molar-refractivity contribution in [2.75, 3.05) is 46.9 Å². The molecule has 0 saturated carbocycles. The molecule has 0 bridgehead atoms. The van der Waals surface area contributed by atoms with Gasteiger partial charge in [0.25, 0.3) is 5.91 Å². The molecule has 9 nitrogen and oxygen atoms in total. The number of hydrogen-bond donors (Lipinski definition) is 1. The van der Waals surface area contributed by atoms with Gasteiger partial charge in [0.15, 0.2) is 0 Å². The fourth-order valence-corrected chi connectivity index (χ4v) is 4.77. The molecule has 35 heavy (non-hydrogen) atoms. The van der Waals surface area contributed by atoms with Gasteiger partial charge in [-0.15, -0.1) is 0 Å². The molecule has 2 fully saturated rings. The Morgan fingerprint density at radius 1 is 1.06 bits per heavy atom. The number of methoxy groups -OCH3 is 2. The molecule has 9 heteroatoms. The standard InChI is InChI=1S/C26H31N3O6/c1-33-20-5-7-22(34-2)21(16-20)25(32)28-12-9-26(10-13-28)11-14-29(18-26)24(31)17-27-23(30)8-6-19-4-3-15-35-19/h3-8,15-16H,9-14,17-18H2,1-2H3,(H,27,30)/b8-6-. The Kier molecular flexibility index (Phi) is 7.43. The molecule has 1 spiro atoms. The van der Waals surface area contributed by atoms with Gasteiger partial charge in [-0.05, 0) is 61.1 Å². The predicted octanol–water partition coefficient (Wildman–Crippen LogP) is 2.58. The number of benzene rings is 1. The van der Waals surface area contributed by atoms with Crippen molar-refractivity contribution >= 4 is 23.8 Å². The monoisotopic (exact) mass is 481 g/mol. The van der Waals surface area contributed by atoms with Gasteiger partial charge in [0.05, 0.1) is 32.6 Å². The average molecular weight is 482 g/mol. The first-order valence-electron chi connectivity index (χ1n) is 11.7. The Balaban J connectivity index is 1.27. The predicted molar refractivity (Wildman–Crippen MR) is 129 cm³/mol. The van der Waals surface area contributed by atoms with E-state index in [1.54, 1.807) is 50.6 Å². The third kappa shape index (κ3) is 5.67. The topological polar surface area (TPSA) is 101 Å². The summed E-state index contributed by atoms with van der Waals surface area (Å²) in [6.45, 7) is 2.51. The van der Waals surface area contributed by atoms with Crippen molar-refractivity contribution < 1.29 is 28.3 Å². The molecule has 0 unspecified atom stereocenters. The zero-order valence-corrected chi connectivity index (χ0v) is 20.1. The minimum atomic E-state index is -0.344. The molecule has 1 aromatic carbocycles.